The molecule has 1 aromatic carbocycles. The Hall–Kier alpha value is -1.81. The third-order valence-electron chi connectivity index (χ3n) is 2.81. The summed E-state index contributed by atoms with van der Waals surface area (Å²) in [4.78, 5) is 12.0. The number of carbonyl (C=O) groups is 1. The number of hydrogen-bond acceptors (Lipinski definition) is 2. The van der Waals surface area contributed by atoms with Gasteiger partial charge in [0.1, 0.15) is 5.69 Å². The summed E-state index contributed by atoms with van der Waals surface area (Å²) >= 11 is 6.26. The average molecular weight is 278 g/mol. The number of amides is 1. The SMILES string of the molecule is CCCNC(=O)n1nc(-c2ccccc2)c(Cl)c1C. The minimum absolute atomic E-state index is 0.247. The van der Waals surface area contributed by atoms with Crippen LogP contribution in [0.5, 0.6) is 0 Å². The highest BCUT2D eigenvalue weighted by atomic mass is 35.5. The molecule has 0 aliphatic carbocycles. The van der Waals surface area contributed by atoms with Crippen molar-refractivity contribution >= 4 is 17.6 Å². The highest BCUT2D eigenvalue weighted by Gasteiger charge is 2.18. The summed E-state index contributed by atoms with van der Waals surface area (Å²) in [6, 6.07) is 9.34. The third kappa shape index (κ3) is 2.79. The van der Waals surface area contributed by atoms with Crippen molar-refractivity contribution in [1.82, 2.24) is 15.1 Å². The van der Waals surface area contributed by atoms with E-state index in [9.17, 15) is 4.79 Å². The van der Waals surface area contributed by atoms with E-state index in [1.807, 2.05) is 37.3 Å². The van der Waals surface area contributed by atoms with E-state index in [0.717, 1.165) is 12.0 Å². The van der Waals surface area contributed by atoms with Gasteiger partial charge in [0.2, 0.25) is 0 Å². The lowest BCUT2D eigenvalue weighted by molar-refractivity contribution is 0.239. The van der Waals surface area contributed by atoms with Crippen molar-refractivity contribution in [1.29, 1.82) is 0 Å². The van der Waals surface area contributed by atoms with Gasteiger partial charge in [0.15, 0.2) is 0 Å². The van der Waals surface area contributed by atoms with E-state index < -0.39 is 0 Å². The van der Waals surface area contributed by atoms with E-state index in [2.05, 4.69) is 10.4 Å². The van der Waals surface area contributed by atoms with Gasteiger partial charge in [0.05, 0.1) is 10.7 Å². The van der Waals surface area contributed by atoms with Crippen LogP contribution in [0.3, 0.4) is 0 Å². The largest absolute Gasteiger partial charge is 0.342 e. The topological polar surface area (TPSA) is 46.9 Å². The van der Waals surface area contributed by atoms with Crippen molar-refractivity contribution in [2.24, 2.45) is 0 Å². The predicted molar refractivity (Wildman–Crippen MR) is 76.5 cm³/mol. The zero-order valence-corrected chi connectivity index (χ0v) is 11.7. The first-order chi connectivity index (χ1) is 9.15. The Bertz CT molecular complexity index is 578. The molecule has 0 saturated heterocycles. The number of halogens is 1. The molecule has 1 N–H and O–H groups in total. The van der Waals surface area contributed by atoms with Crippen LogP contribution in [0, 0.1) is 6.92 Å². The molecule has 1 amide bonds. The van der Waals surface area contributed by atoms with Crippen LogP contribution in [0.1, 0.15) is 19.0 Å². The van der Waals surface area contributed by atoms with Gasteiger partial charge in [0, 0.05) is 12.1 Å². The van der Waals surface area contributed by atoms with Crippen molar-refractivity contribution in [3.63, 3.8) is 0 Å². The number of nitrogens with zero attached hydrogens (tertiary/aromatic N) is 2. The lowest BCUT2D eigenvalue weighted by Crippen LogP contribution is -2.30. The van der Waals surface area contributed by atoms with Crippen molar-refractivity contribution in [2.75, 3.05) is 6.54 Å². The molecule has 4 nitrogen and oxygen atoms in total. The fourth-order valence-corrected chi connectivity index (χ4v) is 2.00. The number of benzene rings is 1. The lowest BCUT2D eigenvalue weighted by atomic mass is 10.1. The fraction of sp³-hybridized carbons (Fsp3) is 0.286. The minimum atomic E-state index is -0.247. The third-order valence-corrected chi connectivity index (χ3v) is 3.26. The molecular formula is C14H16ClN3O. The molecule has 0 aliphatic rings. The highest BCUT2D eigenvalue weighted by molar-refractivity contribution is 6.33. The Morgan fingerprint density at radius 1 is 1.37 bits per heavy atom. The van der Waals surface area contributed by atoms with Crippen LogP contribution in [0.4, 0.5) is 4.79 Å². The molecule has 2 aromatic rings. The molecule has 5 heteroatoms. The van der Waals surface area contributed by atoms with E-state index in [-0.39, 0.29) is 6.03 Å². The van der Waals surface area contributed by atoms with Crippen molar-refractivity contribution in [3.8, 4) is 11.3 Å². The molecule has 1 heterocycles. The smallest absolute Gasteiger partial charge is 0.336 e. The second-order valence-corrected chi connectivity index (χ2v) is 4.64. The fourth-order valence-electron chi connectivity index (χ4n) is 1.77. The average Bonchev–Trinajstić information content (AvgIpc) is 2.74. The minimum Gasteiger partial charge on any atom is -0.336 e. The van der Waals surface area contributed by atoms with Gasteiger partial charge in [-0.15, -0.1) is 0 Å². The van der Waals surface area contributed by atoms with Gasteiger partial charge in [-0.05, 0) is 13.3 Å². The maximum Gasteiger partial charge on any atom is 0.342 e. The summed E-state index contributed by atoms with van der Waals surface area (Å²) in [7, 11) is 0. The van der Waals surface area contributed by atoms with Gasteiger partial charge in [-0.25, -0.2) is 4.79 Å². The summed E-state index contributed by atoms with van der Waals surface area (Å²) in [6.07, 6.45) is 0.880. The predicted octanol–water partition coefficient (Wildman–Crippen LogP) is 3.48. The number of carbonyl (C=O) groups excluding carboxylic acids is 1. The summed E-state index contributed by atoms with van der Waals surface area (Å²) in [6.45, 7) is 4.41. The Morgan fingerprint density at radius 2 is 2.05 bits per heavy atom. The molecule has 100 valence electrons. The molecule has 0 unspecified atom stereocenters. The van der Waals surface area contributed by atoms with Crippen molar-refractivity contribution < 1.29 is 4.79 Å². The second kappa shape index (κ2) is 5.89. The first-order valence-corrected chi connectivity index (χ1v) is 6.61. The zero-order chi connectivity index (χ0) is 13.8. The summed E-state index contributed by atoms with van der Waals surface area (Å²) in [5, 5.41) is 7.60. The van der Waals surface area contributed by atoms with Crippen LogP contribution in [0.25, 0.3) is 11.3 Å². The maximum absolute atomic E-state index is 12.0. The first-order valence-electron chi connectivity index (χ1n) is 6.24. The standard InChI is InChI=1S/C14H16ClN3O/c1-3-9-16-14(19)18-10(2)12(15)13(17-18)11-7-5-4-6-8-11/h4-8H,3,9H2,1-2H3,(H,16,19). The van der Waals surface area contributed by atoms with Gasteiger partial charge < -0.3 is 5.32 Å². The van der Waals surface area contributed by atoms with Crippen LogP contribution >= 0.6 is 11.6 Å². The normalized spacial score (nSPS) is 10.5. The van der Waals surface area contributed by atoms with E-state index in [1.54, 1.807) is 6.92 Å². The molecular weight excluding hydrogens is 262 g/mol. The number of aromatic nitrogens is 2. The van der Waals surface area contributed by atoms with Crippen LogP contribution in [0.2, 0.25) is 5.02 Å². The Morgan fingerprint density at radius 3 is 2.68 bits per heavy atom. The van der Waals surface area contributed by atoms with E-state index in [4.69, 9.17) is 11.6 Å². The molecule has 0 atom stereocenters. The van der Waals surface area contributed by atoms with E-state index in [1.165, 1.54) is 4.68 Å². The monoisotopic (exact) mass is 277 g/mol. The van der Waals surface area contributed by atoms with Gasteiger partial charge in [-0.3, -0.25) is 0 Å². The molecule has 0 bridgehead atoms. The maximum atomic E-state index is 12.0. The summed E-state index contributed by atoms with van der Waals surface area (Å²) in [5.74, 6) is 0. The quantitative estimate of drug-likeness (QED) is 0.934. The van der Waals surface area contributed by atoms with Crippen LogP contribution in [-0.2, 0) is 0 Å². The molecule has 0 fully saturated rings. The molecule has 0 saturated carbocycles. The Balaban J connectivity index is 2.36. The van der Waals surface area contributed by atoms with Crippen LogP contribution in [-0.4, -0.2) is 22.4 Å². The molecule has 1 aromatic heterocycles. The summed E-state index contributed by atoms with van der Waals surface area (Å²) in [5.41, 5.74) is 2.18. The van der Waals surface area contributed by atoms with Gasteiger partial charge in [0.25, 0.3) is 0 Å². The number of rotatable bonds is 3. The number of hydrogen-bond donors (Lipinski definition) is 1. The van der Waals surface area contributed by atoms with Crippen molar-refractivity contribution in [3.05, 3.63) is 41.0 Å². The van der Waals surface area contributed by atoms with E-state index >= 15 is 0 Å². The zero-order valence-electron chi connectivity index (χ0n) is 11.0. The van der Waals surface area contributed by atoms with Gasteiger partial charge in [-0.2, -0.15) is 9.78 Å². The van der Waals surface area contributed by atoms with Gasteiger partial charge >= 0.3 is 6.03 Å². The van der Waals surface area contributed by atoms with E-state index in [0.29, 0.717) is 23.0 Å². The second-order valence-electron chi connectivity index (χ2n) is 4.26. The van der Waals surface area contributed by atoms with Crippen LogP contribution < -0.4 is 5.32 Å². The Kier molecular flexibility index (Phi) is 4.22. The molecule has 0 radical (unpaired) electrons. The molecule has 19 heavy (non-hydrogen) atoms. The van der Waals surface area contributed by atoms with Crippen molar-refractivity contribution in [2.45, 2.75) is 20.3 Å². The Labute approximate surface area is 117 Å². The molecule has 0 spiro atoms. The lowest BCUT2D eigenvalue weighted by Gasteiger charge is -2.04. The first kappa shape index (κ1) is 13.6. The van der Waals surface area contributed by atoms with Crippen LogP contribution in [0.15, 0.2) is 30.3 Å². The number of nitrogens with one attached hydrogen (secondary N) is 1. The molecule has 2 rings (SSSR count). The highest BCUT2D eigenvalue weighted by Crippen LogP contribution is 2.29. The summed E-state index contributed by atoms with van der Waals surface area (Å²) < 4.78 is 1.32. The van der Waals surface area contributed by atoms with Gasteiger partial charge in [-0.1, -0.05) is 48.9 Å². The molecule has 0 aliphatic heterocycles.